The summed E-state index contributed by atoms with van der Waals surface area (Å²) in [5, 5.41) is 0. The van der Waals surface area contributed by atoms with Crippen molar-refractivity contribution in [3.05, 3.63) is 75.9 Å². The van der Waals surface area contributed by atoms with Crippen LogP contribution in [0.15, 0.2) is 75.9 Å². The van der Waals surface area contributed by atoms with Crippen molar-refractivity contribution in [3.63, 3.8) is 0 Å². The Kier molecular flexibility index (Phi) is 10.2. The normalized spacial score (nSPS) is 11.2. The van der Waals surface area contributed by atoms with Gasteiger partial charge in [-0.25, -0.2) is 0 Å². The van der Waals surface area contributed by atoms with Crippen molar-refractivity contribution >= 4 is 22.4 Å². The van der Waals surface area contributed by atoms with Crippen LogP contribution >= 0.6 is 0 Å². The fourth-order valence-electron chi connectivity index (χ4n) is 3.83. The minimum atomic E-state index is -2.19. The van der Waals surface area contributed by atoms with Crippen LogP contribution in [0.2, 0.25) is 36.3 Å². The van der Waals surface area contributed by atoms with Gasteiger partial charge in [0.2, 0.25) is 5.91 Å². The molecule has 2 nitrogen and oxygen atoms in total. The largest absolute Gasteiger partial charge is 0.393 e. The highest BCUT2D eigenvalue weighted by Gasteiger charge is 2.49. The molecule has 0 spiro atoms. The number of rotatable bonds is 14. The van der Waals surface area contributed by atoms with Gasteiger partial charge in [-0.1, -0.05) is 36.5 Å². The molecule has 4 heteroatoms. The molecule has 0 aliphatic rings. The van der Waals surface area contributed by atoms with Gasteiger partial charge in [0.05, 0.1) is 0 Å². The fourth-order valence-corrected chi connectivity index (χ4v) is 16.2. The van der Waals surface area contributed by atoms with Crippen LogP contribution in [0.5, 0.6) is 0 Å². The number of amides is 1. The topological polar surface area (TPSA) is 20.3 Å². The van der Waals surface area contributed by atoms with E-state index in [1.165, 1.54) is 0 Å². The van der Waals surface area contributed by atoms with Gasteiger partial charge in [0, 0.05) is 6.92 Å². The maximum Gasteiger partial charge on any atom is 0.203 e. The summed E-state index contributed by atoms with van der Waals surface area (Å²) >= 11 is 0. The minimum absolute atomic E-state index is 0.143. The number of carbonyl (C=O) groups is 1. The van der Waals surface area contributed by atoms with Crippen LogP contribution in [0.25, 0.3) is 0 Å². The van der Waals surface area contributed by atoms with E-state index in [1.807, 2.05) is 36.5 Å². The van der Waals surface area contributed by atoms with Gasteiger partial charge >= 0.3 is 0 Å². The Morgan fingerprint density at radius 2 is 0.875 bits per heavy atom. The van der Waals surface area contributed by atoms with Crippen molar-refractivity contribution in [3.8, 4) is 0 Å². The summed E-state index contributed by atoms with van der Waals surface area (Å²) in [5.74, 6) is 0.143. The molecule has 0 radical (unpaired) electrons. The first-order valence-electron chi connectivity index (χ1n) is 8.40. The lowest BCUT2D eigenvalue weighted by Crippen LogP contribution is -2.67. The first-order chi connectivity index (χ1) is 11.4. The second-order valence-corrected chi connectivity index (χ2v) is 14.9. The second-order valence-electron chi connectivity index (χ2n) is 6.26. The molecule has 0 saturated heterocycles. The third-order valence-electron chi connectivity index (χ3n) is 4.41. The lowest BCUT2D eigenvalue weighted by molar-refractivity contribution is -0.122. The maximum atomic E-state index is 12.9. The molecule has 0 rings (SSSR count). The van der Waals surface area contributed by atoms with Gasteiger partial charge in [0.15, 0.2) is 16.5 Å². The molecular weight excluding hydrogens is 326 g/mol. The van der Waals surface area contributed by atoms with Gasteiger partial charge in [-0.05, 0) is 36.3 Å². The summed E-state index contributed by atoms with van der Waals surface area (Å²) < 4.78 is 2.27. The first kappa shape index (κ1) is 22.3. The quantitative estimate of drug-likeness (QED) is 0.282. The zero-order chi connectivity index (χ0) is 18.6. The van der Waals surface area contributed by atoms with Crippen LogP contribution in [0, 0.1) is 0 Å². The van der Waals surface area contributed by atoms with E-state index >= 15 is 0 Å². The van der Waals surface area contributed by atoms with Gasteiger partial charge in [-0.15, -0.1) is 39.5 Å². The zero-order valence-electron chi connectivity index (χ0n) is 15.3. The van der Waals surface area contributed by atoms with Crippen molar-refractivity contribution in [1.29, 1.82) is 0 Å². The number of allylic oxidation sites excluding steroid dienone is 6. The summed E-state index contributed by atoms with van der Waals surface area (Å²) in [4.78, 5) is 12.9. The van der Waals surface area contributed by atoms with Gasteiger partial charge < -0.3 is 4.23 Å². The third kappa shape index (κ3) is 5.18. The summed E-state index contributed by atoms with van der Waals surface area (Å²) in [7, 11) is -4.37. The fraction of sp³-hybridized carbons (Fsp3) is 0.350. The minimum Gasteiger partial charge on any atom is -0.393 e. The van der Waals surface area contributed by atoms with E-state index in [0.717, 1.165) is 36.3 Å². The second kappa shape index (κ2) is 11.0. The van der Waals surface area contributed by atoms with Gasteiger partial charge in [-0.3, -0.25) is 4.79 Å². The van der Waals surface area contributed by atoms with Crippen molar-refractivity contribution < 1.29 is 4.79 Å². The van der Waals surface area contributed by atoms with E-state index in [2.05, 4.69) is 43.7 Å². The molecule has 0 aliphatic heterocycles. The van der Waals surface area contributed by atoms with Gasteiger partial charge in [0.25, 0.3) is 0 Å². The Bertz CT molecular complexity index is 405. The predicted molar refractivity (Wildman–Crippen MR) is 114 cm³/mol. The lowest BCUT2D eigenvalue weighted by atomic mass is 10.7. The Morgan fingerprint density at radius 1 is 0.667 bits per heavy atom. The summed E-state index contributed by atoms with van der Waals surface area (Å²) in [6.45, 7) is 25.4. The van der Waals surface area contributed by atoms with Gasteiger partial charge in [-0.2, -0.15) is 0 Å². The lowest BCUT2D eigenvalue weighted by Gasteiger charge is -2.52. The Labute approximate surface area is 150 Å². The number of nitrogens with zero attached hydrogens (tertiary/aromatic N) is 1. The molecule has 0 aromatic heterocycles. The SMILES string of the molecule is C=CC[Si](CC=C)(CC=C)N(C(C)=O)[Si](CC=C)(CC=C)CC=C. The van der Waals surface area contributed by atoms with E-state index in [4.69, 9.17) is 0 Å². The molecule has 0 bridgehead atoms. The molecule has 0 saturated carbocycles. The average molecular weight is 360 g/mol. The third-order valence-corrected chi connectivity index (χ3v) is 16.1. The van der Waals surface area contributed by atoms with Crippen LogP contribution < -0.4 is 0 Å². The molecule has 0 aromatic carbocycles. The highest BCUT2D eigenvalue weighted by Crippen LogP contribution is 2.38. The molecule has 0 heterocycles. The van der Waals surface area contributed by atoms with Crippen molar-refractivity contribution in [2.75, 3.05) is 0 Å². The van der Waals surface area contributed by atoms with E-state index < -0.39 is 16.5 Å². The molecule has 0 unspecified atom stereocenters. The Morgan fingerprint density at radius 3 is 1.00 bits per heavy atom. The monoisotopic (exact) mass is 359 g/mol. The highest BCUT2D eigenvalue weighted by atomic mass is 28.4. The van der Waals surface area contributed by atoms with E-state index in [9.17, 15) is 4.79 Å². The van der Waals surface area contributed by atoms with Crippen LogP contribution in [-0.4, -0.2) is 26.6 Å². The number of hydrogen-bond acceptors (Lipinski definition) is 1. The van der Waals surface area contributed by atoms with Crippen LogP contribution in [-0.2, 0) is 4.79 Å². The molecule has 1 amide bonds. The molecule has 24 heavy (non-hydrogen) atoms. The average Bonchev–Trinajstić information content (AvgIpc) is 2.48. The molecule has 0 N–H and O–H groups in total. The molecule has 0 aliphatic carbocycles. The Balaban J connectivity index is 6.52. The van der Waals surface area contributed by atoms with E-state index in [0.29, 0.717) is 0 Å². The summed E-state index contributed by atoms with van der Waals surface area (Å²) in [6, 6.07) is 5.03. The molecular formula is C20H33NOSi2. The van der Waals surface area contributed by atoms with E-state index in [1.54, 1.807) is 6.92 Å². The van der Waals surface area contributed by atoms with Crippen LogP contribution in [0.4, 0.5) is 0 Å². The smallest absolute Gasteiger partial charge is 0.203 e. The molecule has 0 aromatic rings. The first-order valence-corrected chi connectivity index (χ1v) is 13.5. The summed E-state index contributed by atoms with van der Waals surface area (Å²) in [5.41, 5.74) is 0. The molecule has 132 valence electrons. The molecule has 0 atom stereocenters. The van der Waals surface area contributed by atoms with Crippen molar-refractivity contribution in [2.24, 2.45) is 0 Å². The number of hydrogen-bond donors (Lipinski definition) is 0. The summed E-state index contributed by atoms with van der Waals surface area (Å²) in [6.07, 6.45) is 11.7. The van der Waals surface area contributed by atoms with Crippen LogP contribution in [0.3, 0.4) is 0 Å². The number of carbonyl (C=O) groups excluding carboxylic acids is 1. The zero-order valence-corrected chi connectivity index (χ0v) is 17.3. The van der Waals surface area contributed by atoms with Crippen molar-refractivity contribution in [2.45, 2.75) is 43.2 Å². The highest BCUT2D eigenvalue weighted by molar-refractivity contribution is 6.96. The predicted octanol–water partition coefficient (Wildman–Crippen LogP) is 5.84. The van der Waals surface area contributed by atoms with Crippen LogP contribution in [0.1, 0.15) is 6.92 Å². The Hall–Kier alpha value is -1.66. The standard InChI is InChI=1S/C20H33NOSi2/c1-8-14-23(15-9-2,16-10-3)21(20(7)22)24(17-11-4,18-12-5)19-13-6/h8-13H,1-6,14-19H2,7H3. The van der Waals surface area contributed by atoms with Gasteiger partial charge in [0.1, 0.15) is 0 Å². The van der Waals surface area contributed by atoms with E-state index in [-0.39, 0.29) is 5.91 Å². The maximum absolute atomic E-state index is 12.9. The molecule has 0 fully saturated rings. The van der Waals surface area contributed by atoms with Crippen molar-refractivity contribution in [1.82, 2.24) is 4.23 Å².